The topological polar surface area (TPSA) is 179 Å². The van der Waals surface area contributed by atoms with Crippen LogP contribution in [0.15, 0.2) is 4.99 Å². The molecule has 0 radical (unpaired) electrons. The third kappa shape index (κ3) is 8.50. The highest BCUT2D eigenvalue weighted by molar-refractivity contribution is 6.01. The zero-order valence-corrected chi connectivity index (χ0v) is 17.4. The molecular formula is C17H31N3O9. The number of aliphatic hydroxyl groups is 4. The molecule has 168 valence electrons. The molecule has 1 saturated heterocycles. The number of ether oxygens (including phenoxy) is 3. The van der Waals surface area contributed by atoms with Crippen molar-refractivity contribution in [2.24, 2.45) is 4.99 Å². The van der Waals surface area contributed by atoms with Crippen molar-refractivity contribution in [1.29, 1.82) is 0 Å². The molecule has 0 bridgehead atoms. The van der Waals surface area contributed by atoms with Gasteiger partial charge in [0, 0.05) is 0 Å². The largest absolute Gasteiger partial charge is 0.444 e. The molecule has 1 aliphatic rings. The maximum Gasteiger partial charge on any atom is 0.414 e. The van der Waals surface area contributed by atoms with Crippen molar-refractivity contribution < 1.29 is 44.2 Å². The molecule has 1 fully saturated rings. The van der Waals surface area contributed by atoms with E-state index in [0.717, 1.165) is 0 Å². The van der Waals surface area contributed by atoms with Crippen LogP contribution < -0.4 is 10.6 Å². The Labute approximate surface area is 168 Å². The van der Waals surface area contributed by atoms with Crippen molar-refractivity contribution in [3.05, 3.63) is 0 Å². The van der Waals surface area contributed by atoms with E-state index in [0.29, 0.717) is 0 Å². The highest BCUT2D eigenvalue weighted by Gasteiger charge is 2.44. The number of guanidine groups is 1. The van der Waals surface area contributed by atoms with E-state index in [1.807, 2.05) is 0 Å². The summed E-state index contributed by atoms with van der Waals surface area (Å²) in [5.74, 6) is -0.505. The summed E-state index contributed by atoms with van der Waals surface area (Å²) < 4.78 is 15.2. The number of hydrogen-bond donors (Lipinski definition) is 6. The zero-order valence-electron chi connectivity index (χ0n) is 17.4. The molecule has 12 nitrogen and oxygen atoms in total. The van der Waals surface area contributed by atoms with E-state index in [9.17, 15) is 24.9 Å². The standard InChI is InChI=1S/C17H31N3O9/c1-16(2,3)28-14(25)19-13(20-15(26)29-17(4,5)6)18-9-11(23)10(22)8(7-21)27-12(9)24/h8-12,21-24H,7H2,1-6H3,(H2,18,19,20,25,26). The lowest BCUT2D eigenvalue weighted by Gasteiger charge is -2.38. The number of carbonyl (C=O) groups is 2. The van der Waals surface area contributed by atoms with Crippen molar-refractivity contribution in [1.82, 2.24) is 10.6 Å². The molecule has 6 N–H and O–H groups in total. The van der Waals surface area contributed by atoms with E-state index in [2.05, 4.69) is 15.6 Å². The molecule has 12 heteroatoms. The van der Waals surface area contributed by atoms with Crippen LogP contribution in [-0.2, 0) is 14.2 Å². The molecule has 0 aromatic rings. The van der Waals surface area contributed by atoms with Crippen molar-refractivity contribution >= 4 is 18.1 Å². The number of nitrogens with zero attached hydrogens (tertiary/aromatic N) is 1. The number of alkyl carbamates (subject to hydrolysis) is 2. The molecule has 1 rings (SSSR count). The Morgan fingerprint density at radius 2 is 1.38 bits per heavy atom. The molecule has 5 unspecified atom stereocenters. The Morgan fingerprint density at radius 1 is 0.931 bits per heavy atom. The Hall–Kier alpha value is -1.99. The molecule has 0 saturated carbocycles. The summed E-state index contributed by atoms with van der Waals surface area (Å²) in [6.07, 6.45) is -8.13. The lowest BCUT2D eigenvalue weighted by molar-refractivity contribution is -0.248. The predicted molar refractivity (Wildman–Crippen MR) is 99.9 cm³/mol. The lowest BCUT2D eigenvalue weighted by Crippen LogP contribution is -2.59. The number of hydrogen-bond acceptors (Lipinski definition) is 10. The summed E-state index contributed by atoms with van der Waals surface area (Å²) in [6.45, 7) is 9.09. The summed E-state index contributed by atoms with van der Waals surface area (Å²) in [5.41, 5.74) is -1.70. The molecule has 0 spiro atoms. The van der Waals surface area contributed by atoms with E-state index >= 15 is 0 Å². The average Bonchev–Trinajstić information content (AvgIpc) is 2.50. The van der Waals surface area contributed by atoms with Gasteiger partial charge in [0.15, 0.2) is 6.29 Å². The second kappa shape index (κ2) is 9.67. The first-order valence-corrected chi connectivity index (χ1v) is 9.01. The second-order valence-corrected chi connectivity index (χ2v) is 8.45. The van der Waals surface area contributed by atoms with E-state index in [1.165, 1.54) is 0 Å². The summed E-state index contributed by atoms with van der Waals surface area (Å²) in [7, 11) is 0. The summed E-state index contributed by atoms with van der Waals surface area (Å²) in [5, 5.41) is 43.7. The fraction of sp³-hybridized carbons (Fsp3) is 0.824. The Bertz CT molecular complexity index is 580. The number of nitrogens with one attached hydrogen (secondary N) is 2. The van der Waals surface area contributed by atoms with E-state index < -0.39 is 66.6 Å². The first kappa shape index (κ1) is 25.0. The van der Waals surface area contributed by atoms with Crippen molar-refractivity contribution in [2.75, 3.05) is 6.61 Å². The number of aliphatic hydroxyl groups excluding tert-OH is 4. The SMILES string of the molecule is CC(C)(C)OC(=O)NC(=NC1C(O)OC(CO)C(O)C1O)NC(=O)OC(C)(C)C. The van der Waals surface area contributed by atoms with Gasteiger partial charge in [-0.15, -0.1) is 0 Å². The van der Waals surface area contributed by atoms with Crippen LogP contribution in [-0.4, -0.2) is 87.0 Å². The maximum atomic E-state index is 12.1. The predicted octanol–water partition coefficient (Wildman–Crippen LogP) is -0.808. The molecule has 2 amide bonds. The van der Waals surface area contributed by atoms with Gasteiger partial charge in [-0.2, -0.15) is 0 Å². The van der Waals surface area contributed by atoms with Gasteiger partial charge in [-0.1, -0.05) is 0 Å². The van der Waals surface area contributed by atoms with Crippen molar-refractivity contribution in [3.63, 3.8) is 0 Å². The minimum Gasteiger partial charge on any atom is -0.444 e. The normalized spacial score (nSPS) is 27.6. The number of rotatable bonds is 2. The summed E-state index contributed by atoms with van der Waals surface area (Å²) >= 11 is 0. The van der Waals surface area contributed by atoms with Crippen LogP contribution in [0.5, 0.6) is 0 Å². The monoisotopic (exact) mass is 421 g/mol. The highest BCUT2D eigenvalue weighted by atomic mass is 16.6. The minimum atomic E-state index is -1.73. The Balaban J connectivity index is 3.07. The Morgan fingerprint density at radius 3 is 1.76 bits per heavy atom. The zero-order chi connectivity index (χ0) is 22.6. The summed E-state index contributed by atoms with van der Waals surface area (Å²) in [6, 6.07) is -1.49. The second-order valence-electron chi connectivity index (χ2n) is 8.45. The van der Waals surface area contributed by atoms with E-state index in [-0.39, 0.29) is 0 Å². The number of amides is 2. The van der Waals surface area contributed by atoms with Crippen LogP contribution in [0.1, 0.15) is 41.5 Å². The molecular weight excluding hydrogens is 390 g/mol. The van der Waals surface area contributed by atoms with Gasteiger partial charge in [0.05, 0.1) is 6.61 Å². The van der Waals surface area contributed by atoms with Crippen LogP contribution in [0.25, 0.3) is 0 Å². The molecule has 1 aliphatic heterocycles. The molecule has 29 heavy (non-hydrogen) atoms. The van der Waals surface area contributed by atoms with Gasteiger partial charge in [-0.05, 0) is 41.5 Å². The minimum absolute atomic E-state index is 0.505. The number of aliphatic imine (C=N–C) groups is 1. The fourth-order valence-corrected chi connectivity index (χ4v) is 2.27. The van der Waals surface area contributed by atoms with Crippen LogP contribution in [0, 0.1) is 0 Å². The van der Waals surface area contributed by atoms with Gasteiger partial charge in [-0.25, -0.2) is 14.6 Å². The van der Waals surface area contributed by atoms with Gasteiger partial charge in [-0.3, -0.25) is 10.6 Å². The van der Waals surface area contributed by atoms with Crippen molar-refractivity contribution in [3.8, 4) is 0 Å². The molecule has 5 atom stereocenters. The molecule has 1 heterocycles. The Kier molecular flexibility index (Phi) is 8.35. The first-order chi connectivity index (χ1) is 13.1. The van der Waals surface area contributed by atoms with E-state index in [1.54, 1.807) is 41.5 Å². The quantitative estimate of drug-likeness (QED) is 0.246. The van der Waals surface area contributed by atoms with Gasteiger partial charge in [0.1, 0.15) is 35.6 Å². The van der Waals surface area contributed by atoms with E-state index in [4.69, 9.17) is 19.3 Å². The first-order valence-electron chi connectivity index (χ1n) is 9.01. The summed E-state index contributed by atoms with van der Waals surface area (Å²) in [4.78, 5) is 28.0. The lowest BCUT2D eigenvalue weighted by atomic mass is 9.98. The fourth-order valence-electron chi connectivity index (χ4n) is 2.27. The van der Waals surface area contributed by atoms with Crippen LogP contribution in [0.4, 0.5) is 9.59 Å². The van der Waals surface area contributed by atoms with Gasteiger partial charge in [0.2, 0.25) is 5.96 Å². The highest BCUT2D eigenvalue weighted by Crippen LogP contribution is 2.22. The molecule has 0 aromatic heterocycles. The van der Waals surface area contributed by atoms with Gasteiger partial charge < -0.3 is 34.6 Å². The smallest absolute Gasteiger partial charge is 0.414 e. The van der Waals surface area contributed by atoms with Crippen LogP contribution in [0.2, 0.25) is 0 Å². The third-order valence-corrected chi connectivity index (χ3v) is 3.38. The third-order valence-electron chi connectivity index (χ3n) is 3.38. The van der Waals surface area contributed by atoms with Crippen molar-refractivity contribution in [2.45, 2.75) is 83.4 Å². The molecule has 0 aliphatic carbocycles. The average molecular weight is 421 g/mol. The molecule has 0 aromatic carbocycles. The van der Waals surface area contributed by atoms with Crippen LogP contribution in [0.3, 0.4) is 0 Å². The van der Waals surface area contributed by atoms with Gasteiger partial charge >= 0.3 is 12.2 Å². The maximum absolute atomic E-state index is 12.1. The van der Waals surface area contributed by atoms with Gasteiger partial charge in [0.25, 0.3) is 0 Å². The number of carbonyl (C=O) groups excluding carboxylic acids is 2. The van der Waals surface area contributed by atoms with Crippen LogP contribution >= 0.6 is 0 Å².